The molecule has 4 aromatic rings. The maximum Gasteiger partial charge on any atom is 0.166 e. The van der Waals surface area contributed by atoms with E-state index in [1.165, 1.54) is 0 Å². The van der Waals surface area contributed by atoms with Crippen LogP contribution in [-0.4, -0.2) is 34.9 Å². The quantitative estimate of drug-likeness (QED) is 0.465. The molecule has 0 aliphatic carbocycles. The Balaban J connectivity index is 1.92. The van der Waals surface area contributed by atoms with E-state index in [-0.39, 0.29) is 0 Å². The molecule has 1 N–H and O–H groups in total. The molecule has 2 aromatic heterocycles. The second kappa shape index (κ2) is 8.00. The first-order valence-electron chi connectivity index (χ1n) is 9.12. The van der Waals surface area contributed by atoms with Crippen LogP contribution in [0.3, 0.4) is 0 Å². The lowest BCUT2D eigenvalue weighted by molar-refractivity contribution is 0.210. The Morgan fingerprint density at radius 2 is 1.79 bits per heavy atom. The highest BCUT2D eigenvalue weighted by molar-refractivity contribution is 6.30. The van der Waals surface area contributed by atoms with Crippen molar-refractivity contribution in [3.63, 3.8) is 0 Å². The van der Waals surface area contributed by atoms with E-state index in [0.717, 1.165) is 39.5 Å². The smallest absolute Gasteiger partial charge is 0.166 e. The standard InChI is InChI=1S/C22H21ClN4O/c1-15-21(17-8-10-18(23)11-9-17)22-25-19(16-6-4-3-5-7-16)14-20(27(22)26-15)24-12-13-28-2/h3-11,14,24H,12-13H2,1-2H3. The highest BCUT2D eigenvalue weighted by Gasteiger charge is 2.17. The van der Waals surface area contributed by atoms with Gasteiger partial charge in [0.1, 0.15) is 5.82 Å². The molecule has 0 fully saturated rings. The summed E-state index contributed by atoms with van der Waals surface area (Å²) in [6, 6.07) is 19.9. The van der Waals surface area contributed by atoms with Gasteiger partial charge in [-0.2, -0.15) is 9.61 Å². The summed E-state index contributed by atoms with van der Waals surface area (Å²) in [5, 5.41) is 8.86. The summed E-state index contributed by atoms with van der Waals surface area (Å²) in [5.74, 6) is 0.879. The highest BCUT2D eigenvalue weighted by atomic mass is 35.5. The molecule has 0 radical (unpaired) electrons. The van der Waals surface area contributed by atoms with E-state index < -0.39 is 0 Å². The topological polar surface area (TPSA) is 51.5 Å². The van der Waals surface area contributed by atoms with Gasteiger partial charge in [0.25, 0.3) is 0 Å². The van der Waals surface area contributed by atoms with Crippen LogP contribution in [0, 0.1) is 6.92 Å². The van der Waals surface area contributed by atoms with Crippen LogP contribution in [-0.2, 0) is 4.74 Å². The largest absolute Gasteiger partial charge is 0.383 e. The molecule has 2 heterocycles. The van der Waals surface area contributed by atoms with Gasteiger partial charge < -0.3 is 10.1 Å². The van der Waals surface area contributed by atoms with Crippen LogP contribution in [0.15, 0.2) is 60.7 Å². The van der Waals surface area contributed by atoms with Crippen LogP contribution >= 0.6 is 11.6 Å². The van der Waals surface area contributed by atoms with Gasteiger partial charge in [-0.05, 0) is 24.6 Å². The molecule has 0 unspecified atom stereocenters. The summed E-state index contributed by atoms with van der Waals surface area (Å²) in [4.78, 5) is 4.95. The molecule has 4 rings (SSSR count). The number of hydrogen-bond acceptors (Lipinski definition) is 4. The minimum absolute atomic E-state index is 0.606. The Bertz CT molecular complexity index is 1090. The van der Waals surface area contributed by atoms with Crippen LogP contribution in [0.1, 0.15) is 5.69 Å². The van der Waals surface area contributed by atoms with Gasteiger partial charge in [-0.15, -0.1) is 0 Å². The summed E-state index contributed by atoms with van der Waals surface area (Å²) in [7, 11) is 1.69. The minimum Gasteiger partial charge on any atom is -0.383 e. The summed E-state index contributed by atoms with van der Waals surface area (Å²) in [6.07, 6.45) is 0. The van der Waals surface area contributed by atoms with Crippen LogP contribution in [0.2, 0.25) is 5.02 Å². The van der Waals surface area contributed by atoms with Crippen LogP contribution < -0.4 is 5.32 Å². The third-order valence-electron chi connectivity index (χ3n) is 4.58. The number of rotatable bonds is 6. The van der Waals surface area contributed by atoms with E-state index in [0.29, 0.717) is 18.2 Å². The van der Waals surface area contributed by atoms with Gasteiger partial charge in [-0.25, -0.2) is 4.98 Å². The first kappa shape index (κ1) is 18.5. The molecule has 0 spiro atoms. The molecule has 0 atom stereocenters. The Hall–Kier alpha value is -2.89. The summed E-state index contributed by atoms with van der Waals surface area (Å²) in [6.45, 7) is 3.29. The zero-order chi connectivity index (χ0) is 19.5. The Morgan fingerprint density at radius 1 is 1.04 bits per heavy atom. The number of anilines is 1. The van der Waals surface area contributed by atoms with E-state index in [2.05, 4.69) is 17.4 Å². The van der Waals surface area contributed by atoms with Crippen molar-refractivity contribution in [3.05, 3.63) is 71.4 Å². The number of fused-ring (bicyclic) bond motifs is 1. The number of benzene rings is 2. The number of ether oxygens (including phenoxy) is 1. The molecule has 5 nitrogen and oxygen atoms in total. The van der Waals surface area contributed by atoms with Crippen molar-refractivity contribution < 1.29 is 4.74 Å². The molecular weight excluding hydrogens is 372 g/mol. The molecule has 0 saturated heterocycles. The third kappa shape index (κ3) is 3.59. The number of nitrogens with zero attached hydrogens (tertiary/aromatic N) is 3. The molecule has 0 saturated carbocycles. The zero-order valence-electron chi connectivity index (χ0n) is 15.8. The molecule has 0 amide bonds. The lowest BCUT2D eigenvalue weighted by Crippen LogP contribution is -2.12. The lowest BCUT2D eigenvalue weighted by Gasteiger charge is -2.11. The van der Waals surface area contributed by atoms with Crippen molar-refractivity contribution in [2.45, 2.75) is 6.92 Å². The van der Waals surface area contributed by atoms with Gasteiger partial charge in [0.05, 0.1) is 18.0 Å². The van der Waals surface area contributed by atoms with Crippen molar-refractivity contribution in [2.24, 2.45) is 0 Å². The number of aryl methyl sites for hydroxylation is 1. The number of halogens is 1. The predicted molar refractivity (Wildman–Crippen MR) is 114 cm³/mol. The average molecular weight is 393 g/mol. The first-order valence-corrected chi connectivity index (χ1v) is 9.49. The van der Waals surface area contributed by atoms with Gasteiger partial charge in [-0.1, -0.05) is 54.1 Å². The molecule has 0 bridgehead atoms. The summed E-state index contributed by atoms with van der Waals surface area (Å²) < 4.78 is 7.04. The molecule has 0 aliphatic rings. The summed E-state index contributed by atoms with van der Waals surface area (Å²) in [5.41, 5.74) is 5.71. The van der Waals surface area contributed by atoms with E-state index in [1.807, 2.05) is 60.0 Å². The second-order valence-corrected chi connectivity index (χ2v) is 6.95. The number of aromatic nitrogens is 3. The van der Waals surface area contributed by atoms with Crippen molar-refractivity contribution in [3.8, 4) is 22.4 Å². The third-order valence-corrected chi connectivity index (χ3v) is 4.83. The van der Waals surface area contributed by atoms with Gasteiger partial charge in [-0.3, -0.25) is 0 Å². The van der Waals surface area contributed by atoms with Crippen LogP contribution in [0.4, 0.5) is 5.82 Å². The molecule has 2 aromatic carbocycles. The van der Waals surface area contributed by atoms with E-state index in [1.54, 1.807) is 7.11 Å². The van der Waals surface area contributed by atoms with E-state index >= 15 is 0 Å². The van der Waals surface area contributed by atoms with Crippen LogP contribution in [0.25, 0.3) is 28.0 Å². The predicted octanol–water partition coefficient (Wildman–Crippen LogP) is 5.08. The summed E-state index contributed by atoms with van der Waals surface area (Å²) >= 11 is 6.07. The molecule has 28 heavy (non-hydrogen) atoms. The van der Waals surface area contributed by atoms with E-state index in [9.17, 15) is 0 Å². The van der Waals surface area contributed by atoms with Crippen LogP contribution in [0.5, 0.6) is 0 Å². The monoisotopic (exact) mass is 392 g/mol. The normalized spacial score (nSPS) is 11.1. The van der Waals surface area contributed by atoms with Gasteiger partial charge >= 0.3 is 0 Å². The second-order valence-electron chi connectivity index (χ2n) is 6.51. The fraction of sp³-hybridized carbons (Fsp3) is 0.182. The maximum absolute atomic E-state index is 6.07. The van der Waals surface area contributed by atoms with Gasteiger partial charge in [0.15, 0.2) is 5.65 Å². The molecule has 142 valence electrons. The van der Waals surface area contributed by atoms with Gasteiger partial charge in [0, 0.05) is 35.9 Å². The van der Waals surface area contributed by atoms with Crippen molar-refractivity contribution in [1.82, 2.24) is 14.6 Å². The molecule has 6 heteroatoms. The minimum atomic E-state index is 0.606. The SMILES string of the molecule is COCCNc1cc(-c2ccccc2)nc2c(-c3ccc(Cl)cc3)c(C)nn12. The molecule has 0 aliphatic heterocycles. The molecular formula is C22H21ClN4O. The average Bonchev–Trinajstić information content (AvgIpc) is 3.05. The number of methoxy groups -OCH3 is 1. The Kier molecular flexibility index (Phi) is 5.28. The Morgan fingerprint density at radius 3 is 2.50 bits per heavy atom. The zero-order valence-corrected chi connectivity index (χ0v) is 16.6. The highest BCUT2D eigenvalue weighted by Crippen LogP contribution is 2.32. The first-order chi connectivity index (χ1) is 13.7. The number of nitrogens with one attached hydrogen (secondary N) is 1. The van der Waals surface area contributed by atoms with Crippen molar-refractivity contribution in [1.29, 1.82) is 0 Å². The van der Waals surface area contributed by atoms with E-state index in [4.69, 9.17) is 26.4 Å². The fourth-order valence-corrected chi connectivity index (χ4v) is 3.37. The van der Waals surface area contributed by atoms with Crippen molar-refractivity contribution in [2.75, 3.05) is 25.6 Å². The van der Waals surface area contributed by atoms with Gasteiger partial charge in [0.2, 0.25) is 0 Å². The maximum atomic E-state index is 6.07. The Labute approximate surface area is 168 Å². The number of hydrogen-bond donors (Lipinski definition) is 1. The fourth-order valence-electron chi connectivity index (χ4n) is 3.24. The lowest BCUT2D eigenvalue weighted by atomic mass is 10.1. The van der Waals surface area contributed by atoms with Crippen molar-refractivity contribution >= 4 is 23.1 Å².